The summed E-state index contributed by atoms with van der Waals surface area (Å²) in [6.07, 6.45) is 0. The van der Waals surface area contributed by atoms with Crippen LogP contribution in [-0.4, -0.2) is 52.1 Å². The van der Waals surface area contributed by atoms with E-state index in [9.17, 15) is 13.2 Å². The number of amides is 1. The highest BCUT2D eigenvalue weighted by atomic mass is 32.2. The van der Waals surface area contributed by atoms with Gasteiger partial charge in [0, 0.05) is 41.5 Å². The monoisotopic (exact) mass is 491 g/mol. The van der Waals surface area contributed by atoms with E-state index in [0.29, 0.717) is 25.3 Å². The first-order chi connectivity index (χ1) is 15.5. The summed E-state index contributed by atoms with van der Waals surface area (Å²) in [6.45, 7) is 3.62. The quantitative estimate of drug-likeness (QED) is 0.480. The first kappa shape index (κ1) is 23.1. The van der Waals surface area contributed by atoms with Gasteiger partial charge in [-0.05, 0) is 41.1 Å². The standard InChI is InChI=1S/C22H25N3O4S3/c26-22(23-16-20(21-7-3-13-31-21)25-8-10-29-11-9-25)17-4-1-6-19(14-17)32(27,28)24-15-18-5-2-12-30-18/h1-7,12-14,20,24H,8-11,15-16H2,(H,23,26). The van der Waals surface area contributed by atoms with Gasteiger partial charge in [0.1, 0.15) is 0 Å². The first-order valence-corrected chi connectivity index (χ1v) is 13.5. The van der Waals surface area contributed by atoms with E-state index >= 15 is 0 Å². The molecule has 0 aliphatic carbocycles. The fourth-order valence-electron chi connectivity index (χ4n) is 3.54. The third-order valence-corrected chi connectivity index (χ3v) is 8.49. The van der Waals surface area contributed by atoms with Crippen molar-refractivity contribution in [1.82, 2.24) is 14.9 Å². The van der Waals surface area contributed by atoms with Crippen LogP contribution in [0, 0.1) is 0 Å². The topological polar surface area (TPSA) is 87.7 Å². The molecule has 10 heteroatoms. The maximum absolute atomic E-state index is 12.9. The van der Waals surface area contributed by atoms with Gasteiger partial charge in [-0.25, -0.2) is 13.1 Å². The Labute approximate surface area is 196 Å². The molecule has 1 amide bonds. The van der Waals surface area contributed by atoms with Gasteiger partial charge in [0.05, 0.1) is 24.2 Å². The van der Waals surface area contributed by atoms with Crippen molar-refractivity contribution in [1.29, 1.82) is 0 Å². The smallest absolute Gasteiger partial charge is 0.251 e. The molecular weight excluding hydrogens is 466 g/mol. The summed E-state index contributed by atoms with van der Waals surface area (Å²) < 4.78 is 33.4. The number of hydrogen-bond acceptors (Lipinski definition) is 7. The molecule has 1 atom stereocenters. The normalized spacial score (nSPS) is 16.0. The molecule has 0 bridgehead atoms. The zero-order valence-corrected chi connectivity index (χ0v) is 19.8. The maximum Gasteiger partial charge on any atom is 0.251 e. The summed E-state index contributed by atoms with van der Waals surface area (Å²) in [4.78, 5) is 17.3. The van der Waals surface area contributed by atoms with Crippen molar-refractivity contribution in [2.45, 2.75) is 17.5 Å². The predicted octanol–water partition coefficient (Wildman–Crippen LogP) is 3.09. The molecular formula is C22H25N3O4S3. The fraction of sp³-hybridized carbons (Fsp3) is 0.318. The van der Waals surface area contributed by atoms with E-state index in [0.717, 1.165) is 18.0 Å². The Morgan fingerprint density at radius 3 is 2.56 bits per heavy atom. The van der Waals surface area contributed by atoms with Crippen molar-refractivity contribution in [3.05, 3.63) is 74.6 Å². The van der Waals surface area contributed by atoms with E-state index in [1.54, 1.807) is 23.5 Å². The zero-order valence-electron chi connectivity index (χ0n) is 17.4. The summed E-state index contributed by atoms with van der Waals surface area (Å²) in [6, 6.07) is 14.0. The molecule has 32 heavy (non-hydrogen) atoms. The predicted molar refractivity (Wildman–Crippen MR) is 127 cm³/mol. The minimum atomic E-state index is -3.72. The molecule has 0 radical (unpaired) electrons. The Hall–Kier alpha value is -2.08. The molecule has 1 aromatic carbocycles. The second-order valence-electron chi connectivity index (χ2n) is 7.32. The highest BCUT2D eigenvalue weighted by Crippen LogP contribution is 2.25. The molecule has 0 saturated carbocycles. The highest BCUT2D eigenvalue weighted by molar-refractivity contribution is 7.89. The maximum atomic E-state index is 12.9. The van der Waals surface area contributed by atoms with Crippen LogP contribution in [0.1, 0.15) is 26.2 Å². The molecule has 2 aromatic heterocycles. The first-order valence-electron chi connectivity index (χ1n) is 10.3. The molecule has 1 aliphatic rings. The lowest BCUT2D eigenvalue weighted by atomic mass is 10.1. The number of carbonyl (C=O) groups is 1. The van der Waals surface area contributed by atoms with Gasteiger partial charge in [-0.15, -0.1) is 22.7 Å². The van der Waals surface area contributed by atoms with Crippen LogP contribution in [0.2, 0.25) is 0 Å². The van der Waals surface area contributed by atoms with Gasteiger partial charge < -0.3 is 10.1 Å². The molecule has 4 rings (SSSR count). The van der Waals surface area contributed by atoms with Crippen LogP contribution in [0.5, 0.6) is 0 Å². The molecule has 1 unspecified atom stereocenters. The highest BCUT2D eigenvalue weighted by Gasteiger charge is 2.24. The Morgan fingerprint density at radius 1 is 1.06 bits per heavy atom. The van der Waals surface area contributed by atoms with E-state index in [1.807, 2.05) is 29.0 Å². The molecule has 170 valence electrons. The summed E-state index contributed by atoms with van der Waals surface area (Å²) in [5.74, 6) is -0.296. The molecule has 7 nitrogen and oxygen atoms in total. The number of rotatable bonds is 9. The zero-order chi connectivity index (χ0) is 22.4. The molecule has 3 heterocycles. The van der Waals surface area contributed by atoms with E-state index < -0.39 is 10.0 Å². The van der Waals surface area contributed by atoms with Crippen LogP contribution < -0.4 is 10.0 Å². The third kappa shape index (κ3) is 5.83. The second-order valence-corrected chi connectivity index (χ2v) is 11.1. The average Bonchev–Trinajstić information content (AvgIpc) is 3.53. The average molecular weight is 492 g/mol. The minimum absolute atomic E-state index is 0.0576. The number of benzene rings is 1. The van der Waals surface area contributed by atoms with Crippen molar-refractivity contribution < 1.29 is 17.9 Å². The number of nitrogens with zero attached hydrogens (tertiary/aromatic N) is 1. The number of nitrogens with one attached hydrogen (secondary N) is 2. The summed E-state index contributed by atoms with van der Waals surface area (Å²) in [5.41, 5.74) is 0.316. The van der Waals surface area contributed by atoms with Crippen LogP contribution >= 0.6 is 22.7 Å². The van der Waals surface area contributed by atoms with Gasteiger partial charge in [0.2, 0.25) is 10.0 Å². The Balaban J connectivity index is 1.42. The van der Waals surface area contributed by atoms with Gasteiger partial charge in [-0.2, -0.15) is 0 Å². The number of thiophene rings is 2. The van der Waals surface area contributed by atoms with Gasteiger partial charge in [0.25, 0.3) is 5.91 Å². The Bertz CT molecular complexity index is 1110. The number of sulfonamides is 1. The Kier molecular flexibility index (Phi) is 7.71. The van der Waals surface area contributed by atoms with E-state index in [4.69, 9.17) is 4.74 Å². The lowest BCUT2D eigenvalue weighted by molar-refractivity contribution is 0.0169. The lowest BCUT2D eigenvalue weighted by Crippen LogP contribution is -2.43. The SMILES string of the molecule is O=C(NCC(c1cccs1)N1CCOCC1)c1cccc(S(=O)(=O)NCc2cccs2)c1. The second kappa shape index (κ2) is 10.7. The number of morpholine rings is 1. The van der Waals surface area contributed by atoms with E-state index in [2.05, 4.69) is 21.0 Å². The third-order valence-electron chi connectivity index (χ3n) is 5.24. The molecule has 1 saturated heterocycles. The number of carbonyl (C=O) groups excluding carboxylic acids is 1. The molecule has 1 fully saturated rings. The number of hydrogen-bond donors (Lipinski definition) is 2. The summed E-state index contributed by atoms with van der Waals surface area (Å²) in [7, 11) is -3.72. The fourth-order valence-corrected chi connectivity index (χ4v) is 6.19. The van der Waals surface area contributed by atoms with Crippen molar-refractivity contribution in [2.75, 3.05) is 32.8 Å². The largest absolute Gasteiger partial charge is 0.379 e. The van der Waals surface area contributed by atoms with Crippen LogP contribution in [0.25, 0.3) is 0 Å². The van der Waals surface area contributed by atoms with Crippen molar-refractivity contribution in [3.63, 3.8) is 0 Å². The molecule has 3 aromatic rings. The number of ether oxygens (including phenoxy) is 1. The van der Waals surface area contributed by atoms with Crippen LogP contribution in [0.4, 0.5) is 0 Å². The van der Waals surface area contributed by atoms with Gasteiger partial charge in [0.15, 0.2) is 0 Å². The van der Waals surface area contributed by atoms with Gasteiger partial charge >= 0.3 is 0 Å². The van der Waals surface area contributed by atoms with Crippen LogP contribution in [0.3, 0.4) is 0 Å². The summed E-state index contributed by atoms with van der Waals surface area (Å²) >= 11 is 3.15. The van der Waals surface area contributed by atoms with E-state index in [-0.39, 0.29) is 23.4 Å². The van der Waals surface area contributed by atoms with Crippen molar-refractivity contribution >= 4 is 38.6 Å². The molecule has 2 N–H and O–H groups in total. The van der Waals surface area contributed by atoms with Crippen LogP contribution in [0.15, 0.2) is 64.2 Å². The summed E-state index contributed by atoms with van der Waals surface area (Å²) in [5, 5.41) is 6.92. The van der Waals surface area contributed by atoms with E-state index in [1.165, 1.54) is 28.3 Å². The van der Waals surface area contributed by atoms with Crippen molar-refractivity contribution in [2.24, 2.45) is 0 Å². The van der Waals surface area contributed by atoms with Crippen molar-refractivity contribution in [3.8, 4) is 0 Å². The minimum Gasteiger partial charge on any atom is -0.379 e. The van der Waals surface area contributed by atoms with Gasteiger partial charge in [-0.3, -0.25) is 9.69 Å². The van der Waals surface area contributed by atoms with Gasteiger partial charge in [-0.1, -0.05) is 18.2 Å². The molecule has 1 aliphatic heterocycles. The molecule has 0 spiro atoms. The Morgan fingerprint density at radius 2 is 1.84 bits per heavy atom. The van der Waals surface area contributed by atoms with Crippen LogP contribution in [-0.2, 0) is 21.3 Å². The lowest BCUT2D eigenvalue weighted by Gasteiger charge is -2.34.